The van der Waals surface area contributed by atoms with E-state index in [2.05, 4.69) is 32.9 Å². The minimum absolute atomic E-state index is 0.0268. The number of halogens is 1. The Hall–Kier alpha value is -1.89. The Bertz CT molecular complexity index is 1270. The van der Waals surface area contributed by atoms with Crippen molar-refractivity contribution in [2.24, 2.45) is 0 Å². The zero-order chi connectivity index (χ0) is 27.2. The Morgan fingerprint density at radius 1 is 0.865 bits per heavy atom. The molecular formula is C31H44FNO3Sn. The van der Waals surface area contributed by atoms with Gasteiger partial charge in [0, 0.05) is 0 Å². The fraction of sp³-hybridized carbons (Fsp3) is 0.548. The molecule has 0 aliphatic rings. The second-order valence-electron chi connectivity index (χ2n) is 11.5. The summed E-state index contributed by atoms with van der Waals surface area (Å²) in [4.78, 5) is 26.5. The molecule has 0 fully saturated rings. The van der Waals surface area contributed by atoms with Crippen molar-refractivity contribution in [3.05, 3.63) is 52.4 Å². The monoisotopic (exact) mass is 617 g/mol. The van der Waals surface area contributed by atoms with E-state index in [4.69, 9.17) is 4.74 Å². The number of unbranched alkanes of at least 4 members (excludes halogenated alkanes) is 3. The van der Waals surface area contributed by atoms with Gasteiger partial charge in [-0.15, -0.1) is 0 Å². The van der Waals surface area contributed by atoms with E-state index in [0.29, 0.717) is 16.3 Å². The molecule has 0 spiro atoms. The number of pyridine rings is 1. The summed E-state index contributed by atoms with van der Waals surface area (Å²) in [5.41, 5.74) is 0.523. The summed E-state index contributed by atoms with van der Waals surface area (Å²) in [7, 11) is 0. The molecule has 0 atom stereocenters. The molecule has 2 aromatic carbocycles. The van der Waals surface area contributed by atoms with Crippen molar-refractivity contribution in [2.75, 3.05) is 0 Å². The summed E-state index contributed by atoms with van der Waals surface area (Å²) < 4.78 is 27.1. The number of hydrogen-bond donors (Lipinski definition) is 0. The molecule has 0 radical (unpaired) electrons. The van der Waals surface area contributed by atoms with Crippen molar-refractivity contribution in [1.82, 2.24) is 4.57 Å². The number of ether oxygens (including phenoxy) is 1. The molecule has 3 rings (SSSR count). The van der Waals surface area contributed by atoms with Crippen molar-refractivity contribution in [3.8, 4) is 0 Å². The summed E-state index contributed by atoms with van der Waals surface area (Å²) in [6.07, 6.45) is 7.27. The van der Waals surface area contributed by atoms with Crippen LogP contribution in [0.15, 0.2) is 41.2 Å². The van der Waals surface area contributed by atoms with Gasteiger partial charge in [0.25, 0.3) is 0 Å². The van der Waals surface area contributed by atoms with E-state index in [1.165, 1.54) is 67.5 Å². The quantitative estimate of drug-likeness (QED) is 0.119. The van der Waals surface area contributed by atoms with Gasteiger partial charge in [-0.1, -0.05) is 0 Å². The SMILES string of the molecule is CCC[CH2][Sn]([CH2]CCC)([CH2]CCC)[c]1ccc2c(=O)c3cc(F)ccc3n(CC(=O)OC(C)(C)C)c2c1. The second kappa shape index (κ2) is 12.8. The minimum atomic E-state index is -2.79. The molecule has 0 saturated carbocycles. The standard InChI is InChI=1S/C19H17FNO3.3C4H9.Sn/c1-19(2,3)24-17(22)11-21-15-7-5-4-6-13(15)18(23)14-10-12(20)8-9-16(14)21;3*1-3-4-2;/h4,6-10H,11H2,1-3H3;3*1,3-4H2,2H3;. The van der Waals surface area contributed by atoms with Crippen LogP contribution in [0.2, 0.25) is 13.3 Å². The van der Waals surface area contributed by atoms with E-state index in [1.807, 2.05) is 31.4 Å². The van der Waals surface area contributed by atoms with Gasteiger partial charge in [-0.05, 0) is 0 Å². The molecule has 0 N–H and O–H groups in total. The van der Waals surface area contributed by atoms with Gasteiger partial charge in [0.1, 0.15) is 0 Å². The maximum absolute atomic E-state index is 14.2. The van der Waals surface area contributed by atoms with Crippen molar-refractivity contribution in [3.63, 3.8) is 0 Å². The first-order chi connectivity index (χ1) is 17.5. The Labute approximate surface area is 225 Å². The van der Waals surface area contributed by atoms with Crippen LogP contribution in [0.5, 0.6) is 0 Å². The van der Waals surface area contributed by atoms with E-state index in [0.717, 1.165) is 5.52 Å². The van der Waals surface area contributed by atoms with Gasteiger partial charge in [-0.2, -0.15) is 0 Å². The fourth-order valence-electron chi connectivity index (χ4n) is 5.50. The third-order valence-corrected chi connectivity index (χ3v) is 23.0. The fourth-order valence-corrected chi connectivity index (χ4v) is 21.4. The first kappa shape index (κ1) is 29.7. The first-order valence-electron chi connectivity index (χ1n) is 14.0. The third-order valence-electron chi connectivity index (χ3n) is 7.37. The Balaban J connectivity index is 2.30. The first-order valence-corrected chi connectivity index (χ1v) is 21.5. The number of carbonyl (C=O) groups excluding carboxylic acids is 1. The number of benzene rings is 2. The van der Waals surface area contributed by atoms with Gasteiger partial charge < -0.3 is 0 Å². The normalized spacial score (nSPS) is 12.4. The molecule has 202 valence electrons. The van der Waals surface area contributed by atoms with Crippen LogP contribution >= 0.6 is 0 Å². The van der Waals surface area contributed by atoms with Crippen molar-refractivity contribution < 1.29 is 13.9 Å². The zero-order valence-corrected chi connectivity index (χ0v) is 26.4. The molecular weight excluding hydrogens is 572 g/mol. The number of esters is 1. The van der Waals surface area contributed by atoms with Crippen LogP contribution in [0.1, 0.15) is 80.1 Å². The number of carbonyl (C=O) groups is 1. The van der Waals surface area contributed by atoms with E-state index >= 15 is 0 Å². The molecule has 1 aromatic heterocycles. The van der Waals surface area contributed by atoms with Crippen molar-refractivity contribution in [1.29, 1.82) is 0 Å². The van der Waals surface area contributed by atoms with Crippen LogP contribution in [0.3, 0.4) is 0 Å². The molecule has 0 saturated heterocycles. The molecule has 1 heterocycles. The van der Waals surface area contributed by atoms with E-state index < -0.39 is 29.8 Å². The molecule has 0 amide bonds. The van der Waals surface area contributed by atoms with Crippen LogP contribution in [-0.4, -0.2) is 34.5 Å². The van der Waals surface area contributed by atoms with Crippen LogP contribution in [0.25, 0.3) is 21.8 Å². The summed E-state index contributed by atoms with van der Waals surface area (Å²) in [5.74, 6) is -0.829. The van der Waals surface area contributed by atoms with Gasteiger partial charge in [0.2, 0.25) is 0 Å². The molecule has 0 aliphatic heterocycles. The third kappa shape index (κ3) is 7.15. The van der Waals surface area contributed by atoms with Crippen LogP contribution in [0, 0.1) is 5.82 Å². The van der Waals surface area contributed by atoms with Crippen molar-refractivity contribution >= 4 is 49.7 Å². The van der Waals surface area contributed by atoms with Gasteiger partial charge in [-0.25, -0.2) is 0 Å². The number of hydrogen-bond acceptors (Lipinski definition) is 3. The summed E-state index contributed by atoms with van der Waals surface area (Å²) >= 11 is -2.79. The number of fused-ring (bicyclic) bond motifs is 2. The topological polar surface area (TPSA) is 48.3 Å². The summed E-state index contributed by atoms with van der Waals surface area (Å²) in [5, 5.41) is 0.827. The molecule has 3 aromatic rings. The molecule has 6 heteroatoms. The van der Waals surface area contributed by atoms with Gasteiger partial charge >= 0.3 is 226 Å². The van der Waals surface area contributed by atoms with Gasteiger partial charge in [0.15, 0.2) is 0 Å². The Morgan fingerprint density at radius 3 is 2.00 bits per heavy atom. The van der Waals surface area contributed by atoms with Crippen LogP contribution in [0.4, 0.5) is 4.39 Å². The molecule has 4 nitrogen and oxygen atoms in total. The van der Waals surface area contributed by atoms with Crippen LogP contribution in [-0.2, 0) is 16.1 Å². The number of nitrogens with zero attached hydrogens (tertiary/aromatic N) is 1. The summed E-state index contributed by atoms with van der Waals surface area (Å²) in [6, 6.07) is 10.6. The van der Waals surface area contributed by atoms with E-state index in [1.54, 1.807) is 6.07 Å². The molecule has 0 aliphatic carbocycles. The Morgan fingerprint density at radius 2 is 1.46 bits per heavy atom. The average molecular weight is 616 g/mol. The zero-order valence-electron chi connectivity index (χ0n) is 23.6. The molecule has 0 bridgehead atoms. The van der Waals surface area contributed by atoms with Gasteiger partial charge in [0.05, 0.1) is 0 Å². The maximum atomic E-state index is 14.2. The second-order valence-corrected chi connectivity index (χ2v) is 24.7. The molecule has 0 unspecified atom stereocenters. The number of rotatable bonds is 12. The predicted octanol–water partition coefficient (Wildman–Crippen LogP) is 7.69. The Kier molecular flexibility index (Phi) is 10.2. The van der Waals surface area contributed by atoms with E-state index in [-0.39, 0.29) is 17.9 Å². The molecule has 37 heavy (non-hydrogen) atoms. The average Bonchev–Trinajstić information content (AvgIpc) is 2.85. The summed E-state index contributed by atoms with van der Waals surface area (Å²) in [6.45, 7) is 12.3. The predicted molar refractivity (Wildman–Crippen MR) is 156 cm³/mol. The van der Waals surface area contributed by atoms with Gasteiger partial charge in [-0.3, -0.25) is 0 Å². The number of aromatic nitrogens is 1. The van der Waals surface area contributed by atoms with Crippen LogP contribution < -0.4 is 9.01 Å². The van der Waals surface area contributed by atoms with Crippen molar-refractivity contribution in [2.45, 2.75) is 106 Å². The van der Waals surface area contributed by atoms with E-state index in [9.17, 15) is 14.0 Å².